The van der Waals surface area contributed by atoms with Crippen molar-refractivity contribution in [2.75, 3.05) is 0 Å². The van der Waals surface area contributed by atoms with Crippen LogP contribution in [0, 0.1) is 0 Å². The SMILES string of the molecule is Clc1cccc(-c2cccc3[nH]ccc23)c1Cl. The lowest BCUT2D eigenvalue weighted by molar-refractivity contribution is 1.48. The molecule has 3 aromatic rings. The van der Waals surface area contributed by atoms with E-state index in [4.69, 9.17) is 23.2 Å². The van der Waals surface area contributed by atoms with Crippen molar-refractivity contribution in [1.29, 1.82) is 0 Å². The number of H-pyrrole nitrogens is 1. The van der Waals surface area contributed by atoms with E-state index in [0.29, 0.717) is 10.0 Å². The van der Waals surface area contributed by atoms with Crippen LogP contribution < -0.4 is 0 Å². The van der Waals surface area contributed by atoms with E-state index in [-0.39, 0.29) is 0 Å². The topological polar surface area (TPSA) is 15.8 Å². The fourth-order valence-corrected chi connectivity index (χ4v) is 2.43. The zero-order chi connectivity index (χ0) is 11.8. The summed E-state index contributed by atoms with van der Waals surface area (Å²) in [5, 5.41) is 2.33. The van der Waals surface area contributed by atoms with Gasteiger partial charge < -0.3 is 4.98 Å². The number of halogens is 2. The molecule has 0 aliphatic rings. The lowest BCUT2D eigenvalue weighted by Gasteiger charge is -2.07. The van der Waals surface area contributed by atoms with Gasteiger partial charge in [0.2, 0.25) is 0 Å². The molecule has 0 bridgehead atoms. The van der Waals surface area contributed by atoms with Gasteiger partial charge >= 0.3 is 0 Å². The van der Waals surface area contributed by atoms with Gasteiger partial charge in [-0.2, -0.15) is 0 Å². The Morgan fingerprint density at radius 1 is 0.824 bits per heavy atom. The van der Waals surface area contributed by atoms with Crippen LogP contribution in [0.5, 0.6) is 0 Å². The maximum Gasteiger partial charge on any atom is 0.0670 e. The van der Waals surface area contributed by atoms with E-state index in [0.717, 1.165) is 22.0 Å². The monoisotopic (exact) mass is 261 g/mol. The molecule has 1 nitrogen and oxygen atoms in total. The number of rotatable bonds is 1. The largest absolute Gasteiger partial charge is 0.361 e. The van der Waals surface area contributed by atoms with E-state index in [9.17, 15) is 0 Å². The van der Waals surface area contributed by atoms with Crippen LogP contribution in [0.3, 0.4) is 0 Å². The Morgan fingerprint density at radius 2 is 1.59 bits per heavy atom. The minimum absolute atomic E-state index is 0.580. The number of nitrogens with one attached hydrogen (secondary N) is 1. The van der Waals surface area contributed by atoms with Crippen molar-refractivity contribution in [3.63, 3.8) is 0 Å². The van der Waals surface area contributed by atoms with Gasteiger partial charge in [-0.1, -0.05) is 47.5 Å². The molecule has 84 valence electrons. The first-order valence-corrected chi connectivity index (χ1v) is 6.03. The Hall–Kier alpha value is -1.44. The van der Waals surface area contributed by atoms with Gasteiger partial charge in [-0.3, -0.25) is 0 Å². The summed E-state index contributed by atoms with van der Waals surface area (Å²) in [6.07, 6.45) is 1.92. The summed E-state index contributed by atoms with van der Waals surface area (Å²) in [6, 6.07) is 13.8. The summed E-state index contributed by atoms with van der Waals surface area (Å²) in [5.41, 5.74) is 3.15. The summed E-state index contributed by atoms with van der Waals surface area (Å²) in [6.45, 7) is 0. The van der Waals surface area contributed by atoms with Crippen molar-refractivity contribution in [3.05, 3.63) is 58.7 Å². The number of hydrogen-bond donors (Lipinski definition) is 1. The fourth-order valence-electron chi connectivity index (χ4n) is 2.03. The summed E-state index contributed by atoms with van der Waals surface area (Å²) in [5.74, 6) is 0. The number of aromatic nitrogens is 1. The first-order valence-electron chi connectivity index (χ1n) is 5.28. The normalized spacial score (nSPS) is 10.9. The highest BCUT2D eigenvalue weighted by molar-refractivity contribution is 6.43. The molecule has 0 aliphatic carbocycles. The van der Waals surface area contributed by atoms with Gasteiger partial charge in [0.15, 0.2) is 0 Å². The minimum Gasteiger partial charge on any atom is -0.361 e. The third-order valence-electron chi connectivity index (χ3n) is 2.84. The standard InChI is InChI=1S/C14H9Cl2N/c15-12-5-1-4-11(14(12)16)9-3-2-6-13-10(9)7-8-17-13/h1-8,17H. The van der Waals surface area contributed by atoms with Crippen LogP contribution in [0.1, 0.15) is 0 Å². The molecular formula is C14H9Cl2N. The quantitative estimate of drug-likeness (QED) is 0.624. The average Bonchev–Trinajstić information content (AvgIpc) is 2.81. The number of hydrogen-bond acceptors (Lipinski definition) is 0. The van der Waals surface area contributed by atoms with Gasteiger partial charge in [0.1, 0.15) is 0 Å². The molecule has 3 heteroatoms. The summed E-state index contributed by atoms with van der Waals surface area (Å²) in [4.78, 5) is 3.19. The second-order valence-electron chi connectivity index (χ2n) is 3.85. The molecular weight excluding hydrogens is 253 g/mol. The lowest BCUT2D eigenvalue weighted by Crippen LogP contribution is -1.81. The maximum absolute atomic E-state index is 6.25. The highest BCUT2D eigenvalue weighted by Gasteiger charge is 2.09. The molecule has 1 heterocycles. The summed E-state index contributed by atoms with van der Waals surface area (Å²) >= 11 is 12.3. The lowest BCUT2D eigenvalue weighted by atomic mass is 10.0. The molecule has 1 N–H and O–H groups in total. The van der Waals surface area contributed by atoms with E-state index < -0.39 is 0 Å². The van der Waals surface area contributed by atoms with Crippen molar-refractivity contribution in [3.8, 4) is 11.1 Å². The van der Waals surface area contributed by atoms with Crippen LogP contribution in [-0.2, 0) is 0 Å². The molecule has 0 spiro atoms. The molecule has 0 radical (unpaired) electrons. The predicted octanol–water partition coefficient (Wildman–Crippen LogP) is 5.14. The molecule has 0 atom stereocenters. The first kappa shape index (κ1) is 10.7. The van der Waals surface area contributed by atoms with Gasteiger partial charge in [0.05, 0.1) is 10.0 Å². The molecule has 0 saturated heterocycles. The molecule has 3 rings (SSSR count). The van der Waals surface area contributed by atoms with E-state index in [1.807, 2.05) is 42.6 Å². The summed E-state index contributed by atoms with van der Waals surface area (Å²) in [7, 11) is 0. The van der Waals surface area contributed by atoms with Gasteiger partial charge in [-0.25, -0.2) is 0 Å². The van der Waals surface area contributed by atoms with Crippen LogP contribution in [0.2, 0.25) is 10.0 Å². The first-order chi connectivity index (χ1) is 8.27. The fraction of sp³-hybridized carbons (Fsp3) is 0. The number of aromatic amines is 1. The van der Waals surface area contributed by atoms with Crippen LogP contribution in [0.25, 0.3) is 22.0 Å². The van der Waals surface area contributed by atoms with Gasteiger partial charge in [0.25, 0.3) is 0 Å². The van der Waals surface area contributed by atoms with Crippen molar-refractivity contribution in [2.24, 2.45) is 0 Å². The van der Waals surface area contributed by atoms with Crippen LogP contribution >= 0.6 is 23.2 Å². The zero-order valence-electron chi connectivity index (χ0n) is 8.87. The van der Waals surface area contributed by atoms with E-state index in [1.165, 1.54) is 0 Å². The van der Waals surface area contributed by atoms with Crippen LogP contribution in [0.4, 0.5) is 0 Å². The Morgan fingerprint density at radius 3 is 2.47 bits per heavy atom. The van der Waals surface area contributed by atoms with Crippen molar-refractivity contribution in [2.45, 2.75) is 0 Å². The molecule has 0 amide bonds. The summed E-state index contributed by atoms with van der Waals surface area (Å²) < 4.78 is 0. The number of benzene rings is 2. The minimum atomic E-state index is 0.580. The predicted molar refractivity (Wildman–Crippen MR) is 73.8 cm³/mol. The highest BCUT2D eigenvalue weighted by Crippen LogP contribution is 2.36. The van der Waals surface area contributed by atoms with Gasteiger partial charge in [0, 0.05) is 22.7 Å². The third-order valence-corrected chi connectivity index (χ3v) is 3.66. The maximum atomic E-state index is 6.25. The highest BCUT2D eigenvalue weighted by atomic mass is 35.5. The molecule has 2 aromatic carbocycles. The third kappa shape index (κ3) is 1.72. The second kappa shape index (κ2) is 4.10. The molecule has 17 heavy (non-hydrogen) atoms. The Balaban J connectivity index is 2.34. The van der Waals surface area contributed by atoms with Crippen LogP contribution in [0.15, 0.2) is 48.7 Å². The Labute approximate surface area is 109 Å². The average molecular weight is 262 g/mol. The van der Waals surface area contributed by atoms with E-state index >= 15 is 0 Å². The molecule has 1 aromatic heterocycles. The van der Waals surface area contributed by atoms with Crippen LogP contribution in [-0.4, -0.2) is 4.98 Å². The smallest absolute Gasteiger partial charge is 0.0670 e. The van der Waals surface area contributed by atoms with Gasteiger partial charge in [-0.05, 0) is 23.8 Å². The molecule has 0 saturated carbocycles. The van der Waals surface area contributed by atoms with Gasteiger partial charge in [-0.15, -0.1) is 0 Å². The molecule has 0 unspecified atom stereocenters. The van der Waals surface area contributed by atoms with Crippen molar-refractivity contribution < 1.29 is 0 Å². The molecule has 0 fully saturated rings. The Kier molecular flexibility index (Phi) is 2.58. The van der Waals surface area contributed by atoms with E-state index in [2.05, 4.69) is 4.98 Å². The second-order valence-corrected chi connectivity index (χ2v) is 4.63. The molecule has 0 aliphatic heterocycles. The zero-order valence-corrected chi connectivity index (χ0v) is 10.4. The van der Waals surface area contributed by atoms with E-state index in [1.54, 1.807) is 6.07 Å². The Bertz CT molecular complexity index is 686. The van der Waals surface area contributed by atoms with Crippen molar-refractivity contribution >= 4 is 34.1 Å². The number of fused-ring (bicyclic) bond motifs is 1. The van der Waals surface area contributed by atoms with Crippen molar-refractivity contribution in [1.82, 2.24) is 4.98 Å².